The smallest absolute Gasteiger partial charge is 0.222 e. The van der Waals surface area contributed by atoms with Crippen LogP contribution in [-0.4, -0.2) is 15.5 Å². The zero-order chi connectivity index (χ0) is 13.2. The predicted molar refractivity (Wildman–Crippen MR) is 70.1 cm³/mol. The Hall–Kier alpha value is -1.18. The molecule has 18 heavy (non-hydrogen) atoms. The van der Waals surface area contributed by atoms with Crippen molar-refractivity contribution in [2.45, 2.75) is 50.5 Å². The Labute approximate surface area is 112 Å². The number of nitriles is 1. The predicted octanol–water partition coefficient (Wildman–Crippen LogP) is 2.71. The molecule has 0 bridgehead atoms. The minimum absolute atomic E-state index is 0.303. The van der Waals surface area contributed by atoms with Crippen molar-refractivity contribution in [1.29, 1.82) is 5.26 Å². The first-order valence-corrected chi connectivity index (χ1v) is 6.57. The lowest BCUT2D eigenvalue weighted by molar-refractivity contribution is 0.274. The van der Waals surface area contributed by atoms with Gasteiger partial charge >= 0.3 is 0 Å². The lowest BCUT2D eigenvalue weighted by Crippen LogP contribution is -2.42. The fourth-order valence-corrected chi connectivity index (χ4v) is 2.79. The molecular formula is C13H17ClN4. The van der Waals surface area contributed by atoms with E-state index in [9.17, 15) is 0 Å². The molecule has 0 amide bonds. The van der Waals surface area contributed by atoms with Gasteiger partial charge in [-0.15, -0.1) is 0 Å². The first-order chi connectivity index (χ1) is 8.54. The molecule has 1 aliphatic carbocycles. The average molecular weight is 265 g/mol. The second-order valence-electron chi connectivity index (χ2n) is 5.18. The van der Waals surface area contributed by atoms with Crippen LogP contribution in [0.2, 0.25) is 5.28 Å². The third-order valence-corrected chi connectivity index (χ3v) is 3.96. The van der Waals surface area contributed by atoms with Gasteiger partial charge in [-0.2, -0.15) is 5.26 Å². The summed E-state index contributed by atoms with van der Waals surface area (Å²) in [4.78, 5) is 8.32. The highest BCUT2D eigenvalue weighted by molar-refractivity contribution is 6.28. The van der Waals surface area contributed by atoms with E-state index in [1.54, 1.807) is 6.20 Å². The van der Waals surface area contributed by atoms with Gasteiger partial charge in [-0.25, -0.2) is 9.97 Å². The molecule has 1 heterocycles. The van der Waals surface area contributed by atoms with E-state index in [0.29, 0.717) is 17.6 Å². The Balaban J connectivity index is 2.10. The minimum Gasteiger partial charge on any atom is -0.324 e. The Morgan fingerprint density at radius 3 is 2.83 bits per heavy atom. The number of aryl methyl sites for hydroxylation is 1. The number of nitrogens with two attached hydrogens (primary N) is 1. The molecule has 1 aliphatic rings. The van der Waals surface area contributed by atoms with Gasteiger partial charge < -0.3 is 5.73 Å². The molecule has 5 heteroatoms. The number of aromatic nitrogens is 2. The van der Waals surface area contributed by atoms with Gasteiger partial charge in [0, 0.05) is 17.7 Å². The summed E-state index contributed by atoms with van der Waals surface area (Å²) in [5.41, 5.74) is 8.00. The van der Waals surface area contributed by atoms with Crippen LogP contribution in [0.3, 0.4) is 0 Å². The molecule has 0 aliphatic heterocycles. The van der Waals surface area contributed by atoms with Gasteiger partial charge in [0.2, 0.25) is 5.28 Å². The highest BCUT2D eigenvalue weighted by atomic mass is 35.5. The van der Waals surface area contributed by atoms with Crippen LogP contribution in [-0.2, 0) is 0 Å². The van der Waals surface area contributed by atoms with Crippen LogP contribution in [0.15, 0.2) is 6.20 Å². The fourth-order valence-electron chi connectivity index (χ4n) is 2.65. The molecule has 96 valence electrons. The van der Waals surface area contributed by atoms with Crippen LogP contribution < -0.4 is 5.73 Å². The van der Waals surface area contributed by atoms with Gasteiger partial charge in [-0.3, -0.25) is 0 Å². The van der Waals surface area contributed by atoms with Gasteiger partial charge in [0.25, 0.3) is 0 Å². The molecule has 0 radical (unpaired) electrons. The van der Waals surface area contributed by atoms with E-state index in [0.717, 1.165) is 36.9 Å². The van der Waals surface area contributed by atoms with Crippen molar-refractivity contribution >= 4 is 11.6 Å². The Bertz CT molecular complexity index is 472. The monoisotopic (exact) mass is 264 g/mol. The topological polar surface area (TPSA) is 75.6 Å². The number of halogens is 1. The van der Waals surface area contributed by atoms with E-state index in [1.165, 1.54) is 0 Å². The zero-order valence-electron chi connectivity index (χ0n) is 10.5. The molecule has 0 atom stereocenters. The first-order valence-electron chi connectivity index (χ1n) is 6.19. The summed E-state index contributed by atoms with van der Waals surface area (Å²) < 4.78 is 0. The van der Waals surface area contributed by atoms with Crippen molar-refractivity contribution in [1.82, 2.24) is 9.97 Å². The molecule has 0 spiro atoms. The number of hydrogen-bond acceptors (Lipinski definition) is 4. The van der Waals surface area contributed by atoms with E-state index < -0.39 is 0 Å². The van der Waals surface area contributed by atoms with E-state index in [4.69, 9.17) is 22.6 Å². The molecule has 0 unspecified atom stereocenters. The standard InChI is InChI=1S/C13H17ClN4/c1-9-8-17-12(14)18-11(9)10-2-4-13(16,5-3-10)6-7-15/h8,10H,2-6,16H2,1H3. The summed E-state index contributed by atoms with van der Waals surface area (Å²) >= 11 is 5.85. The third kappa shape index (κ3) is 2.80. The lowest BCUT2D eigenvalue weighted by Gasteiger charge is -2.35. The first kappa shape index (κ1) is 13.3. The maximum atomic E-state index is 8.78. The third-order valence-electron chi connectivity index (χ3n) is 3.78. The number of rotatable bonds is 2. The Morgan fingerprint density at radius 2 is 2.22 bits per heavy atom. The van der Waals surface area contributed by atoms with Crippen LogP contribution in [0.25, 0.3) is 0 Å². The SMILES string of the molecule is Cc1cnc(Cl)nc1C1CCC(N)(CC#N)CC1. The van der Waals surface area contributed by atoms with Crippen LogP contribution in [0.5, 0.6) is 0 Å². The molecule has 1 fully saturated rings. The molecule has 2 rings (SSSR count). The summed E-state index contributed by atoms with van der Waals surface area (Å²) in [6.07, 6.45) is 5.87. The van der Waals surface area contributed by atoms with Crippen molar-refractivity contribution in [3.05, 3.63) is 22.7 Å². The Morgan fingerprint density at radius 1 is 1.56 bits per heavy atom. The number of nitrogens with zero attached hydrogens (tertiary/aromatic N) is 3. The highest BCUT2D eigenvalue weighted by Gasteiger charge is 2.33. The zero-order valence-corrected chi connectivity index (χ0v) is 11.2. The van der Waals surface area contributed by atoms with Crippen molar-refractivity contribution in [3.63, 3.8) is 0 Å². The molecule has 1 aromatic rings. The van der Waals surface area contributed by atoms with Crippen molar-refractivity contribution in [2.24, 2.45) is 5.73 Å². The largest absolute Gasteiger partial charge is 0.324 e. The van der Waals surface area contributed by atoms with Crippen LogP contribution in [0, 0.1) is 18.3 Å². The summed E-state index contributed by atoms with van der Waals surface area (Å²) in [6, 6.07) is 2.18. The summed E-state index contributed by atoms with van der Waals surface area (Å²) in [6.45, 7) is 2.01. The molecule has 0 aromatic carbocycles. The molecule has 4 nitrogen and oxygen atoms in total. The fraction of sp³-hybridized carbons (Fsp3) is 0.615. The van der Waals surface area contributed by atoms with Crippen molar-refractivity contribution in [2.75, 3.05) is 0 Å². The van der Waals surface area contributed by atoms with Gasteiger partial charge in [0.1, 0.15) is 0 Å². The lowest BCUT2D eigenvalue weighted by atomic mass is 9.74. The van der Waals surface area contributed by atoms with Gasteiger partial charge in [0.15, 0.2) is 0 Å². The number of hydrogen-bond donors (Lipinski definition) is 1. The Kier molecular flexibility index (Phi) is 3.84. The normalized spacial score (nSPS) is 27.8. The minimum atomic E-state index is -0.310. The molecule has 0 saturated heterocycles. The average Bonchev–Trinajstić information content (AvgIpc) is 2.34. The summed E-state index contributed by atoms with van der Waals surface area (Å²) in [5, 5.41) is 9.08. The summed E-state index contributed by atoms with van der Waals surface area (Å²) in [7, 11) is 0. The van der Waals surface area contributed by atoms with Crippen LogP contribution in [0.4, 0.5) is 0 Å². The molecular weight excluding hydrogens is 248 g/mol. The van der Waals surface area contributed by atoms with Crippen molar-refractivity contribution in [3.8, 4) is 6.07 Å². The van der Waals surface area contributed by atoms with Gasteiger partial charge in [0.05, 0.1) is 18.2 Å². The quantitative estimate of drug-likeness (QED) is 0.834. The van der Waals surface area contributed by atoms with Crippen molar-refractivity contribution < 1.29 is 0 Å². The van der Waals surface area contributed by atoms with E-state index >= 15 is 0 Å². The van der Waals surface area contributed by atoms with E-state index in [2.05, 4.69) is 16.0 Å². The highest BCUT2D eigenvalue weighted by Crippen LogP contribution is 2.38. The van der Waals surface area contributed by atoms with Crippen LogP contribution in [0.1, 0.15) is 49.3 Å². The second-order valence-corrected chi connectivity index (χ2v) is 5.52. The second kappa shape index (κ2) is 5.21. The molecule has 2 N–H and O–H groups in total. The van der Waals surface area contributed by atoms with Gasteiger partial charge in [-0.05, 0) is 49.8 Å². The van der Waals surface area contributed by atoms with Crippen LogP contribution >= 0.6 is 11.6 Å². The maximum Gasteiger partial charge on any atom is 0.222 e. The molecule has 1 saturated carbocycles. The van der Waals surface area contributed by atoms with E-state index in [1.807, 2.05) is 6.92 Å². The maximum absolute atomic E-state index is 8.78. The van der Waals surface area contributed by atoms with E-state index in [-0.39, 0.29) is 5.54 Å². The summed E-state index contributed by atoms with van der Waals surface area (Å²) in [5.74, 6) is 0.390. The van der Waals surface area contributed by atoms with Gasteiger partial charge in [-0.1, -0.05) is 0 Å². The molecule has 1 aromatic heterocycles.